The Balaban J connectivity index is 1.80. The summed E-state index contributed by atoms with van der Waals surface area (Å²) < 4.78 is 0. The third-order valence-electron chi connectivity index (χ3n) is 4.87. The van der Waals surface area contributed by atoms with Crippen molar-refractivity contribution < 1.29 is 4.79 Å². The van der Waals surface area contributed by atoms with Gasteiger partial charge in [0.1, 0.15) is 0 Å². The molecule has 1 heterocycles. The number of aryl methyl sites for hydroxylation is 1. The van der Waals surface area contributed by atoms with Gasteiger partial charge in [-0.2, -0.15) is 0 Å². The maximum absolute atomic E-state index is 12.3. The molecule has 23 heavy (non-hydrogen) atoms. The van der Waals surface area contributed by atoms with Crippen molar-refractivity contribution in [2.24, 2.45) is 5.73 Å². The lowest BCUT2D eigenvalue weighted by molar-refractivity contribution is -0.127. The number of amides is 1. The van der Waals surface area contributed by atoms with Gasteiger partial charge in [-0.1, -0.05) is 37.6 Å². The molecule has 1 aromatic carbocycles. The van der Waals surface area contributed by atoms with Crippen LogP contribution in [0.25, 0.3) is 0 Å². The van der Waals surface area contributed by atoms with Crippen molar-refractivity contribution >= 4 is 5.91 Å². The van der Waals surface area contributed by atoms with E-state index in [4.69, 9.17) is 5.73 Å². The maximum atomic E-state index is 12.3. The van der Waals surface area contributed by atoms with E-state index in [1.54, 1.807) is 0 Å². The molecule has 1 aliphatic rings. The second kappa shape index (κ2) is 7.93. The first kappa shape index (κ1) is 18.0. The maximum Gasteiger partial charge on any atom is 0.240 e. The molecule has 0 aliphatic carbocycles. The van der Waals surface area contributed by atoms with Gasteiger partial charge in [-0.25, -0.2) is 0 Å². The molecule has 1 unspecified atom stereocenters. The van der Waals surface area contributed by atoms with Gasteiger partial charge in [0.05, 0.1) is 5.54 Å². The van der Waals surface area contributed by atoms with E-state index in [0.29, 0.717) is 0 Å². The van der Waals surface area contributed by atoms with Crippen LogP contribution in [0.5, 0.6) is 0 Å². The minimum atomic E-state index is -0.743. The van der Waals surface area contributed by atoms with Crippen molar-refractivity contribution in [3.8, 4) is 0 Å². The van der Waals surface area contributed by atoms with Gasteiger partial charge in [-0.05, 0) is 44.2 Å². The number of rotatable bonds is 6. The largest absolute Gasteiger partial charge is 0.352 e. The molecule has 4 heteroatoms. The number of nitrogens with one attached hydrogen (secondary N) is 1. The molecule has 0 bridgehead atoms. The van der Waals surface area contributed by atoms with E-state index in [2.05, 4.69) is 48.3 Å². The minimum Gasteiger partial charge on any atom is -0.352 e. The summed E-state index contributed by atoms with van der Waals surface area (Å²) in [5, 5.41) is 3.15. The number of benzene rings is 1. The highest BCUT2D eigenvalue weighted by molar-refractivity contribution is 5.85. The van der Waals surface area contributed by atoms with Crippen LogP contribution in [0.2, 0.25) is 0 Å². The number of hydrogen-bond donors (Lipinski definition) is 2. The lowest BCUT2D eigenvalue weighted by atomic mass is 9.95. The summed E-state index contributed by atoms with van der Waals surface area (Å²) >= 11 is 0. The topological polar surface area (TPSA) is 58.4 Å². The average molecular weight is 317 g/mol. The first-order valence-electron chi connectivity index (χ1n) is 8.79. The van der Waals surface area contributed by atoms with Gasteiger partial charge >= 0.3 is 0 Å². The van der Waals surface area contributed by atoms with E-state index >= 15 is 0 Å². The van der Waals surface area contributed by atoms with Gasteiger partial charge < -0.3 is 11.1 Å². The van der Waals surface area contributed by atoms with Crippen molar-refractivity contribution in [3.05, 3.63) is 35.4 Å². The Hall–Kier alpha value is -1.39. The molecule has 0 radical (unpaired) electrons. The lowest BCUT2D eigenvalue weighted by Crippen LogP contribution is -2.55. The standard InChI is InChI=1S/C19H31N3O/c1-4-11-19(3,20)18(23)21-17-9-12-22(13-10-17)14-16-8-6-5-7-15(16)2/h5-8,17H,4,9-14,20H2,1-3H3,(H,21,23). The molecule has 128 valence electrons. The van der Waals surface area contributed by atoms with E-state index in [-0.39, 0.29) is 11.9 Å². The fourth-order valence-corrected chi connectivity index (χ4v) is 3.25. The number of likely N-dealkylation sites (tertiary alicyclic amines) is 1. The third kappa shape index (κ3) is 5.05. The van der Waals surface area contributed by atoms with Gasteiger partial charge in [-0.15, -0.1) is 0 Å². The van der Waals surface area contributed by atoms with E-state index in [1.165, 1.54) is 11.1 Å². The van der Waals surface area contributed by atoms with Crippen LogP contribution in [0.15, 0.2) is 24.3 Å². The van der Waals surface area contributed by atoms with Crippen LogP contribution in [-0.4, -0.2) is 35.5 Å². The molecule has 4 nitrogen and oxygen atoms in total. The summed E-state index contributed by atoms with van der Waals surface area (Å²) in [6, 6.07) is 8.81. The summed E-state index contributed by atoms with van der Waals surface area (Å²) in [7, 11) is 0. The molecular weight excluding hydrogens is 286 g/mol. The highest BCUT2D eigenvalue weighted by Crippen LogP contribution is 2.17. The molecule has 1 saturated heterocycles. The number of nitrogens with zero attached hydrogens (tertiary/aromatic N) is 1. The molecule has 1 aromatic rings. The monoisotopic (exact) mass is 317 g/mol. The number of piperidine rings is 1. The Kier molecular flexibility index (Phi) is 6.19. The summed E-state index contributed by atoms with van der Waals surface area (Å²) in [5.41, 5.74) is 8.11. The fourth-order valence-electron chi connectivity index (χ4n) is 3.25. The fraction of sp³-hybridized carbons (Fsp3) is 0.632. The average Bonchev–Trinajstić information content (AvgIpc) is 2.51. The quantitative estimate of drug-likeness (QED) is 0.848. The molecule has 1 aliphatic heterocycles. The molecular formula is C19H31N3O. The normalized spacial score (nSPS) is 19.3. The SMILES string of the molecule is CCCC(C)(N)C(=O)NC1CCN(Cc2ccccc2C)CC1. The van der Waals surface area contributed by atoms with E-state index in [1.807, 2.05) is 6.92 Å². The Morgan fingerprint density at radius 3 is 2.61 bits per heavy atom. The van der Waals surface area contributed by atoms with Crippen LogP contribution in [0.3, 0.4) is 0 Å². The second-order valence-corrected chi connectivity index (χ2v) is 7.12. The smallest absolute Gasteiger partial charge is 0.240 e. The molecule has 0 saturated carbocycles. The Morgan fingerprint density at radius 2 is 2.00 bits per heavy atom. The predicted molar refractivity (Wildman–Crippen MR) is 95.1 cm³/mol. The molecule has 0 spiro atoms. The number of carbonyl (C=O) groups excluding carboxylic acids is 1. The van der Waals surface area contributed by atoms with Crippen LogP contribution in [0.4, 0.5) is 0 Å². The van der Waals surface area contributed by atoms with Gasteiger partial charge in [-0.3, -0.25) is 9.69 Å². The van der Waals surface area contributed by atoms with Crippen LogP contribution in [0.1, 0.15) is 50.7 Å². The molecule has 1 amide bonds. The highest BCUT2D eigenvalue weighted by Gasteiger charge is 2.30. The van der Waals surface area contributed by atoms with Crippen molar-refractivity contribution in [1.29, 1.82) is 0 Å². The molecule has 1 atom stereocenters. The van der Waals surface area contributed by atoms with Crippen molar-refractivity contribution in [2.75, 3.05) is 13.1 Å². The second-order valence-electron chi connectivity index (χ2n) is 7.12. The summed E-state index contributed by atoms with van der Waals surface area (Å²) in [5.74, 6) is -0.00305. The molecule has 2 rings (SSSR count). The Morgan fingerprint density at radius 1 is 1.35 bits per heavy atom. The van der Waals surface area contributed by atoms with Crippen LogP contribution < -0.4 is 11.1 Å². The van der Waals surface area contributed by atoms with Gasteiger partial charge in [0, 0.05) is 25.7 Å². The van der Waals surface area contributed by atoms with E-state index in [9.17, 15) is 4.79 Å². The van der Waals surface area contributed by atoms with Crippen molar-refractivity contribution in [3.63, 3.8) is 0 Å². The van der Waals surface area contributed by atoms with Crippen LogP contribution >= 0.6 is 0 Å². The van der Waals surface area contributed by atoms with Gasteiger partial charge in [0.25, 0.3) is 0 Å². The van der Waals surface area contributed by atoms with Crippen molar-refractivity contribution in [1.82, 2.24) is 10.2 Å². The minimum absolute atomic E-state index is 0.00305. The predicted octanol–water partition coefficient (Wildman–Crippen LogP) is 2.59. The molecule has 1 fully saturated rings. The lowest BCUT2D eigenvalue weighted by Gasteiger charge is -2.34. The van der Waals surface area contributed by atoms with Crippen LogP contribution in [-0.2, 0) is 11.3 Å². The number of carbonyl (C=O) groups is 1. The van der Waals surface area contributed by atoms with Gasteiger partial charge in [0.2, 0.25) is 5.91 Å². The number of hydrogen-bond acceptors (Lipinski definition) is 3. The number of nitrogens with two attached hydrogens (primary N) is 1. The summed E-state index contributed by atoms with van der Waals surface area (Å²) in [4.78, 5) is 14.8. The first-order chi connectivity index (χ1) is 10.9. The van der Waals surface area contributed by atoms with Gasteiger partial charge in [0.15, 0.2) is 0 Å². The molecule has 0 aromatic heterocycles. The summed E-state index contributed by atoms with van der Waals surface area (Å²) in [6.45, 7) is 9.10. The molecule has 3 N–H and O–H groups in total. The Labute approximate surface area is 140 Å². The van der Waals surface area contributed by atoms with Crippen molar-refractivity contribution in [2.45, 2.75) is 64.6 Å². The third-order valence-corrected chi connectivity index (χ3v) is 4.87. The zero-order valence-corrected chi connectivity index (χ0v) is 14.8. The van der Waals surface area contributed by atoms with E-state index in [0.717, 1.165) is 45.3 Å². The Bertz CT molecular complexity index is 519. The van der Waals surface area contributed by atoms with Crippen LogP contribution in [0, 0.1) is 6.92 Å². The summed E-state index contributed by atoms with van der Waals surface area (Å²) in [6.07, 6.45) is 3.65. The zero-order chi connectivity index (χ0) is 16.9. The van der Waals surface area contributed by atoms with E-state index < -0.39 is 5.54 Å². The zero-order valence-electron chi connectivity index (χ0n) is 14.8. The highest BCUT2D eigenvalue weighted by atomic mass is 16.2. The first-order valence-corrected chi connectivity index (χ1v) is 8.79.